The molecule has 26 heavy (non-hydrogen) atoms. The van der Waals surface area contributed by atoms with Gasteiger partial charge in [0, 0.05) is 30.1 Å². The number of hydrogen-bond acceptors (Lipinski definition) is 4. The third-order valence-corrected chi connectivity index (χ3v) is 5.26. The highest BCUT2D eigenvalue weighted by Gasteiger charge is 2.13. The molecule has 6 heteroatoms. The van der Waals surface area contributed by atoms with Gasteiger partial charge in [-0.15, -0.1) is 0 Å². The van der Waals surface area contributed by atoms with Gasteiger partial charge in [-0.05, 0) is 63.5 Å². The molecular formula is C20H24ClN5. The van der Waals surface area contributed by atoms with Gasteiger partial charge >= 0.3 is 0 Å². The van der Waals surface area contributed by atoms with Gasteiger partial charge < -0.3 is 4.90 Å². The fourth-order valence-corrected chi connectivity index (χ4v) is 3.82. The number of aromatic nitrogens is 4. The molecule has 1 fully saturated rings. The van der Waals surface area contributed by atoms with Gasteiger partial charge in [-0.1, -0.05) is 18.5 Å². The first-order valence-electron chi connectivity index (χ1n) is 9.44. The highest BCUT2D eigenvalue weighted by molar-refractivity contribution is 6.29. The minimum absolute atomic E-state index is 0.491. The third kappa shape index (κ3) is 3.74. The summed E-state index contributed by atoms with van der Waals surface area (Å²) in [4.78, 5) is 11.5. The zero-order valence-corrected chi connectivity index (χ0v) is 15.9. The van der Waals surface area contributed by atoms with Crippen molar-refractivity contribution in [1.29, 1.82) is 0 Å². The van der Waals surface area contributed by atoms with Crippen molar-refractivity contribution in [3.8, 4) is 11.1 Å². The summed E-state index contributed by atoms with van der Waals surface area (Å²) in [6, 6.07) is 5.72. The maximum absolute atomic E-state index is 6.03. The lowest BCUT2D eigenvalue weighted by Gasteiger charge is -2.13. The fraction of sp³-hybridized carbons (Fsp3) is 0.450. The van der Waals surface area contributed by atoms with Crippen LogP contribution in [0.15, 0.2) is 30.6 Å². The van der Waals surface area contributed by atoms with E-state index in [2.05, 4.69) is 38.7 Å². The van der Waals surface area contributed by atoms with Crippen molar-refractivity contribution in [2.45, 2.75) is 39.2 Å². The average Bonchev–Trinajstić information content (AvgIpc) is 3.30. The first-order chi connectivity index (χ1) is 12.7. The van der Waals surface area contributed by atoms with Crippen LogP contribution in [0.1, 0.15) is 31.9 Å². The topological polar surface area (TPSA) is 46.8 Å². The molecule has 0 amide bonds. The molecule has 0 saturated carbocycles. The van der Waals surface area contributed by atoms with E-state index in [1.54, 1.807) is 6.07 Å². The molecule has 0 N–H and O–H groups in total. The molecular weight excluding hydrogens is 346 g/mol. The second-order valence-corrected chi connectivity index (χ2v) is 7.29. The molecule has 0 aliphatic carbocycles. The van der Waals surface area contributed by atoms with Crippen molar-refractivity contribution in [2.75, 3.05) is 19.6 Å². The van der Waals surface area contributed by atoms with E-state index < -0.39 is 0 Å². The van der Waals surface area contributed by atoms with Gasteiger partial charge in [0.15, 0.2) is 0 Å². The van der Waals surface area contributed by atoms with Gasteiger partial charge in [0.1, 0.15) is 5.15 Å². The van der Waals surface area contributed by atoms with Gasteiger partial charge in [-0.25, -0.2) is 4.98 Å². The lowest BCUT2D eigenvalue weighted by molar-refractivity contribution is 0.322. The minimum atomic E-state index is 0.491. The summed E-state index contributed by atoms with van der Waals surface area (Å²) >= 11 is 6.03. The molecule has 0 unspecified atom stereocenters. The Labute approximate surface area is 159 Å². The quantitative estimate of drug-likeness (QED) is 0.611. The Hall–Kier alpha value is -1.98. The summed E-state index contributed by atoms with van der Waals surface area (Å²) in [6.07, 6.45) is 8.78. The molecule has 3 aromatic heterocycles. The highest BCUT2D eigenvalue weighted by Crippen LogP contribution is 2.26. The van der Waals surface area contributed by atoms with E-state index >= 15 is 0 Å². The molecule has 4 heterocycles. The van der Waals surface area contributed by atoms with E-state index in [0.717, 1.165) is 53.8 Å². The van der Waals surface area contributed by atoms with E-state index in [1.165, 1.54) is 25.9 Å². The van der Waals surface area contributed by atoms with Crippen LogP contribution in [0.5, 0.6) is 0 Å². The minimum Gasteiger partial charge on any atom is -0.303 e. The van der Waals surface area contributed by atoms with Gasteiger partial charge in [-0.2, -0.15) is 5.10 Å². The van der Waals surface area contributed by atoms with Gasteiger partial charge in [0.05, 0.1) is 16.7 Å². The largest absolute Gasteiger partial charge is 0.303 e. The molecule has 4 rings (SSSR count). The summed E-state index contributed by atoms with van der Waals surface area (Å²) in [5.41, 5.74) is 4.97. The number of halogens is 1. The molecule has 0 spiro atoms. The number of pyridine rings is 2. The Kier molecular flexibility index (Phi) is 5.18. The van der Waals surface area contributed by atoms with Crippen LogP contribution in [0.4, 0.5) is 0 Å². The van der Waals surface area contributed by atoms with Crippen LogP contribution in [-0.4, -0.2) is 44.3 Å². The maximum atomic E-state index is 6.03. The molecule has 1 saturated heterocycles. The Morgan fingerprint density at radius 1 is 1.12 bits per heavy atom. The number of nitrogens with zero attached hydrogens (tertiary/aromatic N) is 5. The van der Waals surface area contributed by atoms with Crippen LogP contribution in [0.2, 0.25) is 5.15 Å². The van der Waals surface area contributed by atoms with Crippen molar-refractivity contribution < 1.29 is 0 Å². The Morgan fingerprint density at radius 2 is 1.96 bits per heavy atom. The van der Waals surface area contributed by atoms with Crippen LogP contribution in [-0.2, 0) is 13.0 Å². The van der Waals surface area contributed by atoms with E-state index in [9.17, 15) is 0 Å². The van der Waals surface area contributed by atoms with Crippen molar-refractivity contribution in [3.63, 3.8) is 0 Å². The molecule has 136 valence electrons. The zero-order chi connectivity index (χ0) is 17.9. The summed E-state index contributed by atoms with van der Waals surface area (Å²) in [6.45, 7) is 6.76. The first-order valence-corrected chi connectivity index (χ1v) is 9.82. The number of fused-ring (bicyclic) bond motifs is 1. The standard InChI is InChI=1S/C20H24ClN5/c1-2-17-16(14-26(24-17)11-5-10-25-8-3-4-9-25)15-12-19-18(22-13-15)6-7-20(21)23-19/h6-7,12-14H,2-5,8-11H2,1H3. The molecule has 0 aromatic carbocycles. The van der Waals surface area contributed by atoms with Crippen molar-refractivity contribution >= 4 is 22.6 Å². The molecule has 5 nitrogen and oxygen atoms in total. The number of likely N-dealkylation sites (tertiary alicyclic amines) is 1. The predicted molar refractivity (Wildman–Crippen MR) is 105 cm³/mol. The monoisotopic (exact) mass is 369 g/mol. The Bertz CT molecular complexity index is 898. The van der Waals surface area contributed by atoms with Crippen LogP contribution in [0.25, 0.3) is 22.2 Å². The maximum Gasteiger partial charge on any atom is 0.129 e. The SMILES string of the molecule is CCc1nn(CCCN2CCCC2)cc1-c1cnc2ccc(Cl)nc2c1. The first kappa shape index (κ1) is 17.4. The van der Waals surface area contributed by atoms with E-state index in [1.807, 2.05) is 12.3 Å². The molecule has 3 aromatic rings. The highest BCUT2D eigenvalue weighted by atomic mass is 35.5. The lowest BCUT2D eigenvalue weighted by atomic mass is 10.1. The van der Waals surface area contributed by atoms with E-state index in [0.29, 0.717) is 5.15 Å². The van der Waals surface area contributed by atoms with Gasteiger partial charge in [0.25, 0.3) is 0 Å². The lowest BCUT2D eigenvalue weighted by Crippen LogP contribution is -2.21. The van der Waals surface area contributed by atoms with Crippen LogP contribution < -0.4 is 0 Å². The zero-order valence-electron chi connectivity index (χ0n) is 15.2. The summed E-state index contributed by atoms with van der Waals surface area (Å²) in [5, 5.41) is 5.28. The second kappa shape index (κ2) is 7.72. The van der Waals surface area contributed by atoms with Gasteiger partial charge in [0.2, 0.25) is 0 Å². The summed E-state index contributed by atoms with van der Waals surface area (Å²) < 4.78 is 2.08. The van der Waals surface area contributed by atoms with Crippen LogP contribution >= 0.6 is 11.6 Å². The average molecular weight is 370 g/mol. The Morgan fingerprint density at radius 3 is 2.77 bits per heavy atom. The van der Waals surface area contributed by atoms with Crippen LogP contribution in [0.3, 0.4) is 0 Å². The Balaban J connectivity index is 1.54. The van der Waals surface area contributed by atoms with Crippen molar-refractivity contribution in [1.82, 2.24) is 24.6 Å². The van der Waals surface area contributed by atoms with Crippen molar-refractivity contribution in [2.24, 2.45) is 0 Å². The van der Waals surface area contributed by atoms with E-state index in [4.69, 9.17) is 16.7 Å². The molecule has 1 aliphatic heterocycles. The van der Waals surface area contributed by atoms with Crippen molar-refractivity contribution in [3.05, 3.63) is 41.4 Å². The normalized spacial score (nSPS) is 15.2. The number of aryl methyl sites for hydroxylation is 2. The number of rotatable bonds is 6. The molecule has 0 bridgehead atoms. The predicted octanol–water partition coefficient (Wildman–Crippen LogP) is 4.20. The second-order valence-electron chi connectivity index (χ2n) is 6.90. The summed E-state index contributed by atoms with van der Waals surface area (Å²) in [7, 11) is 0. The third-order valence-electron chi connectivity index (χ3n) is 5.05. The summed E-state index contributed by atoms with van der Waals surface area (Å²) in [5.74, 6) is 0. The molecule has 0 atom stereocenters. The van der Waals surface area contributed by atoms with Crippen LogP contribution in [0, 0.1) is 0 Å². The fourth-order valence-electron chi connectivity index (χ4n) is 3.67. The number of hydrogen-bond donors (Lipinski definition) is 0. The van der Waals surface area contributed by atoms with E-state index in [-0.39, 0.29) is 0 Å². The molecule has 0 radical (unpaired) electrons. The van der Waals surface area contributed by atoms with Gasteiger partial charge in [-0.3, -0.25) is 9.67 Å². The smallest absolute Gasteiger partial charge is 0.129 e. The molecule has 1 aliphatic rings.